The Morgan fingerprint density at radius 1 is 1.31 bits per heavy atom. The molecule has 0 radical (unpaired) electrons. The van der Waals surface area contributed by atoms with Crippen molar-refractivity contribution in [1.29, 1.82) is 0 Å². The van der Waals surface area contributed by atoms with Crippen molar-refractivity contribution in [3.8, 4) is 17.1 Å². The molecule has 0 unspecified atom stereocenters. The van der Waals surface area contributed by atoms with Gasteiger partial charge < -0.3 is 14.5 Å². The van der Waals surface area contributed by atoms with E-state index in [4.69, 9.17) is 9.15 Å². The molecular weight excluding hydrogens is 388 g/mol. The third-order valence-corrected chi connectivity index (χ3v) is 5.97. The Balaban J connectivity index is 1.56. The van der Waals surface area contributed by atoms with Crippen molar-refractivity contribution in [2.24, 2.45) is 0 Å². The molecule has 1 fully saturated rings. The first-order chi connectivity index (χ1) is 14.1. The Morgan fingerprint density at radius 3 is 2.83 bits per heavy atom. The number of aromatic nitrogens is 3. The van der Waals surface area contributed by atoms with Crippen molar-refractivity contribution in [3.05, 3.63) is 48.4 Å². The van der Waals surface area contributed by atoms with Gasteiger partial charge in [0.25, 0.3) is 0 Å². The van der Waals surface area contributed by atoms with Crippen LogP contribution in [0, 0.1) is 6.92 Å². The van der Waals surface area contributed by atoms with Crippen molar-refractivity contribution in [1.82, 2.24) is 20.1 Å². The van der Waals surface area contributed by atoms with Crippen LogP contribution >= 0.6 is 11.8 Å². The van der Waals surface area contributed by atoms with Crippen molar-refractivity contribution < 1.29 is 13.9 Å². The van der Waals surface area contributed by atoms with Crippen LogP contribution in [0.15, 0.2) is 52.2 Å². The highest BCUT2D eigenvalue weighted by Gasteiger charge is 2.24. The number of thioether (sulfide) groups is 1. The number of ether oxygens (including phenoxy) is 1. The summed E-state index contributed by atoms with van der Waals surface area (Å²) >= 11 is 1.39. The first-order valence-electron chi connectivity index (χ1n) is 9.74. The quantitative estimate of drug-likeness (QED) is 0.597. The third-order valence-electron chi connectivity index (χ3n) is 4.93. The fourth-order valence-electron chi connectivity index (χ4n) is 3.32. The van der Waals surface area contributed by atoms with E-state index < -0.39 is 0 Å². The maximum Gasteiger partial charge on any atom is 0.233 e. The van der Waals surface area contributed by atoms with Gasteiger partial charge in [-0.3, -0.25) is 9.36 Å². The van der Waals surface area contributed by atoms with E-state index in [1.807, 2.05) is 54.8 Å². The van der Waals surface area contributed by atoms with E-state index in [-0.39, 0.29) is 17.3 Å². The van der Waals surface area contributed by atoms with E-state index in [0.29, 0.717) is 17.5 Å². The van der Waals surface area contributed by atoms with Crippen molar-refractivity contribution >= 4 is 17.7 Å². The number of carbonyl (C=O) groups is 1. The monoisotopic (exact) mass is 412 g/mol. The largest absolute Gasteiger partial charge is 0.469 e. The molecule has 152 valence electrons. The van der Waals surface area contributed by atoms with Crippen molar-refractivity contribution in [2.45, 2.75) is 43.2 Å². The average Bonchev–Trinajstić information content (AvgIpc) is 3.48. The predicted molar refractivity (Wildman–Crippen MR) is 111 cm³/mol. The van der Waals surface area contributed by atoms with Gasteiger partial charge >= 0.3 is 0 Å². The maximum absolute atomic E-state index is 12.6. The molecule has 0 spiro atoms. The number of furan rings is 1. The Kier molecular flexibility index (Phi) is 6.01. The molecule has 0 aliphatic carbocycles. The number of nitrogens with zero attached hydrogens (tertiary/aromatic N) is 3. The molecule has 2 atom stereocenters. The summed E-state index contributed by atoms with van der Waals surface area (Å²) in [6.07, 6.45) is 3.82. The first kappa shape index (κ1) is 19.7. The molecule has 4 rings (SSSR count). The molecule has 0 bridgehead atoms. The maximum atomic E-state index is 12.6. The molecule has 1 aliphatic heterocycles. The van der Waals surface area contributed by atoms with Gasteiger partial charge in [-0.15, -0.1) is 10.2 Å². The van der Waals surface area contributed by atoms with Crippen LogP contribution in [0.2, 0.25) is 0 Å². The lowest BCUT2D eigenvalue weighted by Gasteiger charge is -2.15. The second-order valence-electron chi connectivity index (χ2n) is 7.01. The highest BCUT2D eigenvalue weighted by Crippen LogP contribution is 2.31. The number of hydrogen-bond acceptors (Lipinski definition) is 6. The Bertz CT molecular complexity index is 963. The first-order valence-corrected chi connectivity index (χ1v) is 10.6. The molecule has 2 aromatic heterocycles. The summed E-state index contributed by atoms with van der Waals surface area (Å²) in [7, 11) is 0. The zero-order valence-corrected chi connectivity index (χ0v) is 17.3. The van der Waals surface area contributed by atoms with Gasteiger partial charge in [-0.1, -0.05) is 30.0 Å². The zero-order valence-electron chi connectivity index (χ0n) is 16.5. The summed E-state index contributed by atoms with van der Waals surface area (Å²) in [5.74, 6) is 1.43. The van der Waals surface area contributed by atoms with E-state index in [1.54, 1.807) is 6.26 Å². The van der Waals surface area contributed by atoms with Crippen LogP contribution in [-0.4, -0.2) is 45.2 Å². The standard InChI is InChI=1S/C21H24N4O3S/c1-14-18(10-12-27-14)19-23-24-21(25(19)16-7-4-3-5-8-16)29-15(2)20(26)22-13-17-9-6-11-28-17/h3-5,7-8,10,12,15,17H,6,9,11,13H2,1-2H3,(H,22,26)/t15-,17-/m0/s1. The number of rotatable bonds is 7. The second-order valence-corrected chi connectivity index (χ2v) is 8.32. The van der Waals surface area contributed by atoms with Gasteiger partial charge in [-0.25, -0.2) is 0 Å². The van der Waals surface area contributed by atoms with Crippen LogP contribution in [0.1, 0.15) is 25.5 Å². The highest BCUT2D eigenvalue weighted by atomic mass is 32.2. The topological polar surface area (TPSA) is 82.2 Å². The molecular formula is C21H24N4O3S. The van der Waals surface area contributed by atoms with Crippen molar-refractivity contribution in [2.75, 3.05) is 13.2 Å². The van der Waals surface area contributed by atoms with Crippen LogP contribution in [0.25, 0.3) is 17.1 Å². The van der Waals surface area contributed by atoms with Crippen LogP contribution in [-0.2, 0) is 9.53 Å². The molecule has 3 heterocycles. The lowest BCUT2D eigenvalue weighted by Crippen LogP contribution is -2.36. The fourth-order valence-corrected chi connectivity index (χ4v) is 4.21. The van der Waals surface area contributed by atoms with Crippen LogP contribution < -0.4 is 5.32 Å². The molecule has 3 aromatic rings. The molecule has 1 aromatic carbocycles. The van der Waals surface area contributed by atoms with Crippen LogP contribution in [0.3, 0.4) is 0 Å². The van der Waals surface area contributed by atoms with Gasteiger partial charge in [0.05, 0.1) is 23.2 Å². The van der Waals surface area contributed by atoms with Gasteiger partial charge in [-0.05, 0) is 44.9 Å². The number of para-hydroxylation sites is 1. The molecule has 1 amide bonds. The minimum Gasteiger partial charge on any atom is -0.469 e. The van der Waals surface area contributed by atoms with E-state index in [2.05, 4.69) is 15.5 Å². The van der Waals surface area contributed by atoms with E-state index in [9.17, 15) is 4.79 Å². The summed E-state index contributed by atoms with van der Waals surface area (Å²) in [5, 5.41) is 12.1. The fraction of sp³-hybridized carbons (Fsp3) is 0.381. The predicted octanol–water partition coefficient (Wildman–Crippen LogP) is 3.61. The number of amides is 1. The molecule has 0 saturated carbocycles. The number of hydrogen-bond donors (Lipinski definition) is 1. The smallest absolute Gasteiger partial charge is 0.233 e. The summed E-state index contributed by atoms with van der Waals surface area (Å²) in [6.45, 7) is 5.10. The summed E-state index contributed by atoms with van der Waals surface area (Å²) < 4.78 is 13.0. The van der Waals surface area contributed by atoms with Gasteiger partial charge in [0.1, 0.15) is 5.76 Å². The SMILES string of the molecule is Cc1occc1-c1nnc(S[C@@H](C)C(=O)NC[C@@H]2CCCO2)n1-c1ccccc1. The number of aryl methyl sites for hydroxylation is 1. The van der Waals surface area contributed by atoms with Gasteiger partial charge in [0.15, 0.2) is 11.0 Å². The lowest BCUT2D eigenvalue weighted by molar-refractivity contribution is -0.120. The van der Waals surface area contributed by atoms with Gasteiger partial charge in [0.2, 0.25) is 5.91 Å². The lowest BCUT2D eigenvalue weighted by atomic mass is 10.2. The zero-order chi connectivity index (χ0) is 20.2. The Labute approximate surface area is 173 Å². The second kappa shape index (κ2) is 8.84. The van der Waals surface area contributed by atoms with Gasteiger partial charge in [0, 0.05) is 18.8 Å². The Morgan fingerprint density at radius 2 is 2.14 bits per heavy atom. The Hall–Kier alpha value is -2.58. The number of nitrogens with one attached hydrogen (secondary N) is 1. The summed E-state index contributed by atoms with van der Waals surface area (Å²) in [5.41, 5.74) is 1.81. The molecule has 7 nitrogen and oxygen atoms in total. The number of benzene rings is 1. The molecule has 1 aliphatic rings. The van der Waals surface area contributed by atoms with Crippen molar-refractivity contribution in [3.63, 3.8) is 0 Å². The summed E-state index contributed by atoms with van der Waals surface area (Å²) in [6, 6.07) is 11.8. The molecule has 1 N–H and O–H groups in total. The van der Waals surface area contributed by atoms with Crippen LogP contribution in [0.4, 0.5) is 0 Å². The minimum atomic E-state index is -0.318. The normalized spacial score (nSPS) is 17.4. The van der Waals surface area contributed by atoms with E-state index >= 15 is 0 Å². The van der Waals surface area contributed by atoms with Gasteiger partial charge in [-0.2, -0.15) is 0 Å². The number of carbonyl (C=O) groups excluding carboxylic acids is 1. The highest BCUT2D eigenvalue weighted by molar-refractivity contribution is 8.00. The average molecular weight is 413 g/mol. The third kappa shape index (κ3) is 4.38. The summed E-state index contributed by atoms with van der Waals surface area (Å²) in [4.78, 5) is 12.6. The molecule has 1 saturated heterocycles. The molecule has 29 heavy (non-hydrogen) atoms. The molecule has 8 heteroatoms. The van der Waals surface area contributed by atoms with Crippen LogP contribution in [0.5, 0.6) is 0 Å². The van der Waals surface area contributed by atoms with E-state index in [0.717, 1.165) is 36.5 Å². The van der Waals surface area contributed by atoms with E-state index in [1.165, 1.54) is 11.8 Å². The minimum absolute atomic E-state index is 0.0332.